The van der Waals surface area contributed by atoms with Gasteiger partial charge in [-0.3, -0.25) is 11.3 Å². The van der Waals surface area contributed by atoms with Crippen LogP contribution in [0.1, 0.15) is 54.6 Å². The third kappa shape index (κ3) is 4.16. The molecule has 2 nitrogen and oxygen atoms in total. The van der Waals surface area contributed by atoms with Crippen molar-refractivity contribution in [2.24, 2.45) is 5.84 Å². The van der Waals surface area contributed by atoms with Gasteiger partial charge in [-0.1, -0.05) is 52.0 Å². The second kappa shape index (κ2) is 6.73. The summed E-state index contributed by atoms with van der Waals surface area (Å²) in [6.45, 7) is 8.90. The molecule has 2 aromatic rings. The van der Waals surface area contributed by atoms with Gasteiger partial charge in [-0.25, -0.2) is 0 Å². The molecule has 0 spiro atoms. The number of hydrogen-bond acceptors (Lipinski definition) is 3. The maximum absolute atomic E-state index is 5.77. The van der Waals surface area contributed by atoms with E-state index in [0.29, 0.717) is 0 Å². The molecule has 1 aromatic heterocycles. The van der Waals surface area contributed by atoms with Gasteiger partial charge in [0.2, 0.25) is 0 Å². The average Bonchev–Trinajstić information content (AvgIpc) is 2.92. The van der Waals surface area contributed by atoms with Gasteiger partial charge in [0.1, 0.15) is 0 Å². The van der Waals surface area contributed by atoms with Crippen molar-refractivity contribution in [3.63, 3.8) is 0 Å². The lowest BCUT2D eigenvalue weighted by Crippen LogP contribution is -2.29. The molecule has 1 aromatic carbocycles. The number of thiophene rings is 1. The van der Waals surface area contributed by atoms with E-state index in [1.165, 1.54) is 20.9 Å². The molecule has 0 bridgehead atoms. The molecule has 0 saturated heterocycles. The third-order valence-corrected chi connectivity index (χ3v) is 5.10. The van der Waals surface area contributed by atoms with E-state index < -0.39 is 0 Å². The topological polar surface area (TPSA) is 38.0 Å². The SMILES string of the molecule is CCc1ccc(CC(NN)c2ccc(C(C)(C)C)cc2)s1. The van der Waals surface area contributed by atoms with Crippen molar-refractivity contribution in [3.8, 4) is 0 Å². The first-order valence-corrected chi connectivity index (χ1v) is 8.40. The van der Waals surface area contributed by atoms with Gasteiger partial charge in [0.15, 0.2) is 0 Å². The molecule has 2 rings (SSSR count). The zero-order valence-corrected chi connectivity index (χ0v) is 14.3. The average molecular weight is 302 g/mol. The molecule has 0 aliphatic heterocycles. The van der Waals surface area contributed by atoms with Crippen LogP contribution in [0.3, 0.4) is 0 Å². The Hall–Kier alpha value is -1.16. The van der Waals surface area contributed by atoms with Crippen LogP contribution in [0.5, 0.6) is 0 Å². The monoisotopic (exact) mass is 302 g/mol. The van der Waals surface area contributed by atoms with Crippen molar-refractivity contribution in [2.45, 2.75) is 52.0 Å². The van der Waals surface area contributed by atoms with Gasteiger partial charge in [0.25, 0.3) is 0 Å². The van der Waals surface area contributed by atoms with Crippen molar-refractivity contribution in [1.29, 1.82) is 0 Å². The minimum absolute atomic E-state index is 0.169. The van der Waals surface area contributed by atoms with Crippen LogP contribution in [-0.4, -0.2) is 0 Å². The molecular formula is C18H26N2S. The summed E-state index contributed by atoms with van der Waals surface area (Å²) in [7, 11) is 0. The van der Waals surface area contributed by atoms with Crippen LogP contribution < -0.4 is 11.3 Å². The second-order valence-corrected chi connectivity index (χ2v) is 7.77. The van der Waals surface area contributed by atoms with Gasteiger partial charge in [-0.15, -0.1) is 11.3 Å². The smallest absolute Gasteiger partial charge is 0.0508 e. The Morgan fingerprint density at radius 2 is 1.67 bits per heavy atom. The lowest BCUT2D eigenvalue weighted by Gasteiger charge is -2.21. The van der Waals surface area contributed by atoms with Crippen LogP contribution in [0.15, 0.2) is 36.4 Å². The van der Waals surface area contributed by atoms with Gasteiger partial charge in [0.05, 0.1) is 6.04 Å². The van der Waals surface area contributed by atoms with Gasteiger partial charge in [-0.2, -0.15) is 0 Å². The first-order valence-electron chi connectivity index (χ1n) is 7.58. The van der Waals surface area contributed by atoms with E-state index >= 15 is 0 Å². The fourth-order valence-corrected chi connectivity index (χ4v) is 3.41. The van der Waals surface area contributed by atoms with Gasteiger partial charge >= 0.3 is 0 Å². The highest BCUT2D eigenvalue weighted by atomic mass is 32.1. The molecular weight excluding hydrogens is 276 g/mol. The van der Waals surface area contributed by atoms with Crippen molar-refractivity contribution >= 4 is 11.3 Å². The number of nitrogens with one attached hydrogen (secondary N) is 1. The maximum Gasteiger partial charge on any atom is 0.0508 e. The Balaban J connectivity index is 2.13. The Morgan fingerprint density at radius 1 is 1.05 bits per heavy atom. The zero-order chi connectivity index (χ0) is 15.5. The van der Waals surface area contributed by atoms with Crippen molar-refractivity contribution in [1.82, 2.24) is 5.43 Å². The Morgan fingerprint density at radius 3 is 2.14 bits per heavy atom. The molecule has 0 aliphatic carbocycles. The van der Waals surface area contributed by atoms with Crippen LogP contribution in [0.4, 0.5) is 0 Å². The summed E-state index contributed by atoms with van der Waals surface area (Å²) in [5, 5.41) is 0. The molecule has 21 heavy (non-hydrogen) atoms. The molecule has 0 aliphatic rings. The number of hydrogen-bond donors (Lipinski definition) is 2. The summed E-state index contributed by atoms with van der Waals surface area (Å²) in [4.78, 5) is 2.82. The Labute approximate surface area is 132 Å². The third-order valence-electron chi connectivity index (χ3n) is 3.85. The van der Waals surface area contributed by atoms with Gasteiger partial charge in [0, 0.05) is 16.2 Å². The number of aryl methyl sites for hydroxylation is 1. The predicted octanol–water partition coefficient (Wildman–Crippen LogP) is 4.36. The summed E-state index contributed by atoms with van der Waals surface area (Å²) in [6.07, 6.45) is 2.04. The molecule has 0 fully saturated rings. The standard InChI is InChI=1S/C18H26N2S/c1-5-15-10-11-16(21-15)12-17(20-19)13-6-8-14(9-7-13)18(2,3)4/h6-11,17,20H,5,12,19H2,1-4H3. The minimum atomic E-state index is 0.169. The lowest BCUT2D eigenvalue weighted by atomic mass is 9.86. The van der Waals surface area contributed by atoms with Crippen molar-refractivity contribution in [3.05, 3.63) is 57.3 Å². The number of nitrogens with two attached hydrogens (primary N) is 1. The highest BCUT2D eigenvalue weighted by Gasteiger charge is 2.16. The number of hydrazine groups is 1. The minimum Gasteiger partial charge on any atom is -0.271 e. The summed E-state index contributed by atoms with van der Waals surface area (Å²) < 4.78 is 0. The van der Waals surface area contributed by atoms with Gasteiger partial charge in [-0.05, 0) is 35.1 Å². The molecule has 1 heterocycles. The number of benzene rings is 1. The van der Waals surface area contributed by atoms with Crippen LogP contribution in [0.25, 0.3) is 0 Å². The summed E-state index contributed by atoms with van der Waals surface area (Å²) in [5.41, 5.74) is 5.75. The van der Waals surface area contributed by atoms with E-state index in [1.54, 1.807) is 0 Å². The Bertz CT molecular complexity index is 564. The van der Waals surface area contributed by atoms with Crippen LogP contribution in [-0.2, 0) is 18.3 Å². The highest BCUT2D eigenvalue weighted by Crippen LogP contribution is 2.27. The van der Waals surface area contributed by atoms with E-state index in [-0.39, 0.29) is 11.5 Å². The largest absolute Gasteiger partial charge is 0.271 e. The fraction of sp³-hybridized carbons (Fsp3) is 0.444. The quantitative estimate of drug-likeness (QED) is 0.636. The van der Waals surface area contributed by atoms with Gasteiger partial charge < -0.3 is 0 Å². The normalized spacial score (nSPS) is 13.4. The van der Waals surface area contributed by atoms with E-state index in [4.69, 9.17) is 5.84 Å². The van der Waals surface area contributed by atoms with Crippen molar-refractivity contribution in [2.75, 3.05) is 0 Å². The summed E-state index contributed by atoms with van der Waals surface area (Å²) in [6, 6.07) is 13.4. The molecule has 3 heteroatoms. The van der Waals surface area contributed by atoms with Crippen LogP contribution in [0.2, 0.25) is 0 Å². The van der Waals surface area contributed by atoms with E-state index in [1.807, 2.05) is 11.3 Å². The number of rotatable bonds is 5. The molecule has 3 N–H and O–H groups in total. The highest BCUT2D eigenvalue weighted by molar-refractivity contribution is 7.11. The van der Waals surface area contributed by atoms with Crippen LogP contribution >= 0.6 is 11.3 Å². The van der Waals surface area contributed by atoms with E-state index in [9.17, 15) is 0 Å². The maximum atomic E-state index is 5.77. The predicted molar refractivity (Wildman–Crippen MR) is 92.6 cm³/mol. The van der Waals surface area contributed by atoms with Crippen molar-refractivity contribution < 1.29 is 0 Å². The fourth-order valence-electron chi connectivity index (χ4n) is 2.41. The first-order chi connectivity index (χ1) is 9.94. The molecule has 1 unspecified atom stereocenters. The summed E-state index contributed by atoms with van der Waals surface area (Å²) >= 11 is 1.88. The lowest BCUT2D eigenvalue weighted by molar-refractivity contribution is 0.553. The van der Waals surface area contributed by atoms with Crippen LogP contribution in [0, 0.1) is 0 Å². The Kier molecular flexibility index (Phi) is 5.20. The van der Waals surface area contributed by atoms with E-state index in [2.05, 4.69) is 69.5 Å². The molecule has 1 atom stereocenters. The molecule has 0 radical (unpaired) electrons. The first kappa shape index (κ1) is 16.2. The zero-order valence-electron chi connectivity index (χ0n) is 13.4. The summed E-state index contributed by atoms with van der Waals surface area (Å²) in [5.74, 6) is 5.77. The second-order valence-electron chi connectivity index (χ2n) is 6.52. The van der Waals surface area contributed by atoms with E-state index in [0.717, 1.165) is 12.8 Å². The molecule has 0 saturated carbocycles. The molecule has 0 amide bonds. The molecule has 114 valence electrons.